The van der Waals surface area contributed by atoms with E-state index in [0.29, 0.717) is 0 Å². The molecule has 0 spiro atoms. The second-order valence-electron chi connectivity index (χ2n) is 4.67. The van der Waals surface area contributed by atoms with E-state index in [4.69, 9.17) is 5.73 Å². The van der Waals surface area contributed by atoms with Crippen LogP contribution in [0.5, 0.6) is 0 Å². The highest BCUT2D eigenvalue weighted by Crippen LogP contribution is 2.06. The van der Waals surface area contributed by atoms with Gasteiger partial charge < -0.3 is 5.73 Å². The molecular formula is C16H31N. The molecule has 0 heterocycles. The molecule has 0 aliphatic heterocycles. The van der Waals surface area contributed by atoms with Gasteiger partial charge in [-0.15, -0.1) is 0 Å². The molecule has 0 unspecified atom stereocenters. The van der Waals surface area contributed by atoms with Gasteiger partial charge >= 0.3 is 0 Å². The topological polar surface area (TPSA) is 26.0 Å². The van der Waals surface area contributed by atoms with Gasteiger partial charge in [0, 0.05) is 0 Å². The lowest BCUT2D eigenvalue weighted by Crippen LogP contribution is -1.97. The Morgan fingerprint density at radius 1 is 0.647 bits per heavy atom. The highest BCUT2D eigenvalue weighted by Gasteiger charge is 1.88. The van der Waals surface area contributed by atoms with Crippen LogP contribution in [0.1, 0.15) is 71.1 Å². The van der Waals surface area contributed by atoms with Crippen LogP contribution in [0.25, 0.3) is 0 Å². The summed E-state index contributed by atoms with van der Waals surface area (Å²) in [5.41, 5.74) is 5.45. The lowest BCUT2D eigenvalue weighted by atomic mass is 10.1. The number of nitrogens with two attached hydrogens (primary N) is 1. The van der Waals surface area contributed by atoms with Crippen molar-refractivity contribution in [3.63, 3.8) is 0 Å². The van der Waals surface area contributed by atoms with Crippen molar-refractivity contribution in [1.29, 1.82) is 0 Å². The number of unbranched alkanes of at least 4 members (excludes halogenated alkanes) is 8. The average molecular weight is 237 g/mol. The molecule has 0 amide bonds. The second kappa shape index (κ2) is 15.4. The largest absolute Gasteiger partial charge is 0.330 e. The highest BCUT2D eigenvalue weighted by atomic mass is 14.5. The molecule has 0 rings (SSSR count). The first-order valence-corrected chi connectivity index (χ1v) is 7.38. The van der Waals surface area contributed by atoms with Crippen LogP contribution < -0.4 is 5.73 Å². The third-order valence-corrected chi connectivity index (χ3v) is 2.97. The lowest BCUT2D eigenvalue weighted by molar-refractivity contribution is 0.622. The van der Waals surface area contributed by atoms with E-state index < -0.39 is 0 Å². The van der Waals surface area contributed by atoms with Crippen molar-refractivity contribution in [3.8, 4) is 0 Å². The molecule has 0 aromatic heterocycles. The molecule has 1 heteroatoms. The van der Waals surface area contributed by atoms with Crippen molar-refractivity contribution in [2.45, 2.75) is 71.1 Å². The van der Waals surface area contributed by atoms with Crippen molar-refractivity contribution < 1.29 is 0 Å². The van der Waals surface area contributed by atoms with E-state index in [1.807, 2.05) is 0 Å². The summed E-state index contributed by atoms with van der Waals surface area (Å²) in [4.78, 5) is 0. The minimum Gasteiger partial charge on any atom is -0.330 e. The predicted octanol–water partition coefficient (Wildman–Crippen LogP) is 4.98. The first-order valence-electron chi connectivity index (χ1n) is 7.38. The van der Waals surface area contributed by atoms with Crippen molar-refractivity contribution >= 4 is 0 Å². The molecule has 0 aliphatic rings. The molecule has 0 radical (unpaired) electrons. The van der Waals surface area contributed by atoms with E-state index in [1.165, 1.54) is 64.2 Å². The fourth-order valence-electron chi connectivity index (χ4n) is 1.86. The van der Waals surface area contributed by atoms with Crippen LogP contribution in [0.3, 0.4) is 0 Å². The standard InChI is InChI=1S/C16H31N/c1-2-3-4-5-6-7-8-9-10-11-12-13-14-15-16-17/h2-3,8-9H,4-7,10-17H2,1H3/b3-2+,9-8+. The molecule has 0 aromatic rings. The van der Waals surface area contributed by atoms with Gasteiger partial charge in [-0.3, -0.25) is 0 Å². The third-order valence-electron chi connectivity index (χ3n) is 2.97. The Morgan fingerprint density at radius 2 is 1.12 bits per heavy atom. The van der Waals surface area contributed by atoms with E-state index in [0.717, 1.165) is 6.54 Å². The fraction of sp³-hybridized carbons (Fsp3) is 0.750. The Balaban J connectivity index is 3.04. The fourth-order valence-corrected chi connectivity index (χ4v) is 1.86. The van der Waals surface area contributed by atoms with Gasteiger partial charge in [-0.2, -0.15) is 0 Å². The summed E-state index contributed by atoms with van der Waals surface area (Å²) in [6, 6.07) is 0. The van der Waals surface area contributed by atoms with Crippen LogP contribution in [0.2, 0.25) is 0 Å². The normalized spacial score (nSPS) is 11.9. The molecule has 0 bridgehead atoms. The molecule has 0 aromatic carbocycles. The van der Waals surface area contributed by atoms with Crippen molar-refractivity contribution in [2.24, 2.45) is 5.73 Å². The summed E-state index contributed by atoms with van der Waals surface area (Å²) in [5, 5.41) is 0. The van der Waals surface area contributed by atoms with Crippen molar-refractivity contribution in [2.75, 3.05) is 6.54 Å². The Bertz CT molecular complexity index is 182. The summed E-state index contributed by atoms with van der Waals surface area (Å²) in [6.07, 6.45) is 22.1. The molecule has 0 fully saturated rings. The number of hydrogen-bond acceptors (Lipinski definition) is 1. The minimum atomic E-state index is 0.854. The maximum Gasteiger partial charge on any atom is -0.00773 e. The highest BCUT2D eigenvalue weighted by molar-refractivity contribution is 4.82. The molecule has 100 valence electrons. The Morgan fingerprint density at radius 3 is 1.71 bits per heavy atom. The quantitative estimate of drug-likeness (QED) is 0.376. The SMILES string of the molecule is C/C=C/CCCC/C=C/CCCCCCCN. The molecule has 0 saturated carbocycles. The first-order chi connectivity index (χ1) is 8.41. The van der Waals surface area contributed by atoms with Gasteiger partial charge in [-0.05, 0) is 58.4 Å². The van der Waals surface area contributed by atoms with E-state index in [-0.39, 0.29) is 0 Å². The van der Waals surface area contributed by atoms with Crippen LogP contribution >= 0.6 is 0 Å². The monoisotopic (exact) mass is 237 g/mol. The zero-order valence-electron chi connectivity index (χ0n) is 11.7. The van der Waals surface area contributed by atoms with Crippen LogP contribution in [0.4, 0.5) is 0 Å². The molecule has 0 atom stereocenters. The third kappa shape index (κ3) is 15.4. The molecular weight excluding hydrogens is 206 g/mol. The molecule has 17 heavy (non-hydrogen) atoms. The summed E-state index contributed by atoms with van der Waals surface area (Å²) < 4.78 is 0. The van der Waals surface area contributed by atoms with Gasteiger partial charge in [0.25, 0.3) is 0 Å². The van der Waals surface area contributed by atoms with E-state index >= 15 is 0 Å². The molecule has 1 nitrogen and oxygen atoms in total. The summed E-state index contributed by atoms with van der Waals surface area (Å²) in [6.45, 7) is 2.95. The minimum absolute atomic E-state index is 0.854. The Labute approximate surface area is 108 Å². The van der Waals surface area contributed by atoms with Crippen LogP contribution in [-0.2, 0) is 0 Å². The lowest BCUT2D eigenvalue weighted by Gasteiger charge is -1.97. The second-order valence-corrected chi connectivity index (χ2v) is 4.67. The van der Waals surface area contributed by atoms with E-state index in [1.54, 1.807) is 0 Å². The molecule has 0 saturated heterocycles. The van der Waals surface area contributed by atoms with Gasteiger partial charge in [0.15, 0.2) is 0 Å². The Kier molecular flexibility index (Phi) is 14.9. The van der Waals surface area contributed by atoms with Gasteiger partial charge in [0.1, 0.15) is 0 Å². The van der Waals surface area contributed by atoms with E-state index in [2.05, 4.69) is 31.2 Å². The van der Waals surface area contributed by atoms with Crippen LogP contribution in [-0.4, -0.2) is 6.54 Å². The van der Waals surface area contributed by atoms with E-state index in [9.17, 15) is 0 Å². The van der Waals surface area contributed by atoms with Gasteiger partial charge in [-0.25, -0.2) is 0 Å². The summed E-state index contributed by atoms with van der Waals surface area (Å²) in [5.74, 6) is 0. The van der Waals surface area contributed by atoms with Gasteiger partial charge in [0.2, 0.25) is 0 Å². The first kappa shape index (κ1) is 16.4. The number of allylic oxidation sites excluding steroid dienone is 4. The van der Waals surface area contributed by atoms with Crippen LogP contribution in [0.15, 0.2) is 24.3 Å². The van der Waals surface area contributed by atoms with Crippen molar-refractivity contribution in [1.82, 2.24) is 0 Å². The summed E-state index contributed by atoms with van der Waals surface area (Å²) >= 11 is 0. The predicted molar refractivity (Wildman–Crippen MR) is 79.2 cm³/mol. The zero-order chi connectivity index (χ0) is 12.6. The molecule has 2 N–H and O–H groups in total. The number of rotatable bonds is 12. The van der Waals surface area contributed by atoms with Gasteiger partial charge in [0.05, 0.1) is 0 Å². The van der Waals surface area contributed by atoms with Crippen LogP contribution in [0, 0.1) is 0 Å². The van der Waals surface area contributed by atoms with Gasteiger partial charge in [-0.1, -0.05) is 43.6 Å². The maximum atomic E-state index is 5.45. The molecule has 0 aliphatic carbocycles. The average Bonchev–Trinajstić information content (AvgIpc) is 2.35. The zero-order valence-corrected chi connectivity index (χ0v) is 11.7. The number of hydrogen-bond donors (Lipinski definition) is 1. The summed E-state index contributed by atoms with van der Waals surface area (Å²) in [7, 11) is 0. The smallest absolute Gasteiger partial charge is 0.00773 e. The Hall–Kier alpha value is -0.560. The van der Waals surface area contributed by atoms with Crippen molar-refractivity contribution in [3.05, 3.63) is 24.3 Å². The maximum absolute atomic E-state index is 5.45.